The van der Waals surface area contributed by atoms with Crippen molar-refractivity contribution in [3.05, 3.63) is 60.2 Å². The Kier molecular flexibility index (Phi) is 7.68. The molecule has 160 valence electrons. The van der Waals surface area contributed by atoms with Crippen molar-refractivity contribution in [2.24, 2.45) is 5.92 Å². The molecule has 2 aromatic rings. The summed E-state index contributed by atoms with van der Waals surface area (Å²) >= 11 is 0. The zero-order valence-electron chi connectivity index (χ0n) is 17.6. The molecule has 0 aromatic heterocycles. The van der Waals surface area contributed by atoms with Gasteiger partial charge in [-0.25, -0.2) is 9.59 Å². The lowest BCUT2D eigenvalue weighted by atomic mass is 10.2. The highest BCUT2D eigenvalue weighted by Crippen LogP contribution is 2.17. The van der Waals surface area contributed by atoms with Gasteiger partial charge in [0.05, 0.1) is 6.61 Å². The number of carbonyl (C=O) groups excluding carboxylic acids is 2. The molecule has 7 heteroatoms. The number of piperazine rings is 1. The Morgan fingerprint density at radius 1 is 0.933 bits per heavy atom. The third kappa shape index (κ3) is 6.77. The van der Waals surface area contributed by atoms with Gasteiger partial charge >= 0.3 is 12.1 Å². The fraction of sp³-hybridized carbons (Fsp3) is 0.391. The Balaban J connectivity index is 1.46. The molecule has 0 saturated carbocycles. The molecule has 1 heterocycles. The summed E-state index contributed by atoms with van der Waals surface area (Å²) in [6.45, 7) is 8.25. The number of hydrogen-bond acceptors (Lipinski definition) is 4. The molecule has 0 unspecified atom stereocenters. The minimum absolute atomic E-state index is 0.131. The SMILES string of the molecule is CC(C)COC(=O)Nc1cccc(NC(=O)N2CCN(Cc3ccccc3)CC2)c1. The van der Waals surface area contributed by atoms with Crippen LogP contribution in [0.3, 0.4) is 0 Å². The standard InChI is InChI=1S/C23H30N4O3/c1-18(2)17-30-23(29)25-21-10-6-9-20(15-21)24-22(28)27-13-11-26(12-14-27)16-19-7-4-3-5-8-19/h3-10,15,18H,11-14,16-17H2,1-2H3,(H,24,28)(H,25,29). The number of nitrogens with one attached hydrogen (secondary N) is 2. The second-order valence-electron chi connectivity index (χ2n) is 7.88. The molecule has 0 aliphatic carbocycles. The van der Waals surface area contributed by atoms with Gasteiger partial charge in [0, 0.05) is 44.1 Å². The number of nitrogens with zero attached hydrogens (tertiary/aromatic N) is 2. The van der Waals surface area contributed by atoms with Crippen LogP contribution < -0.4 is 10.6 Å². The molecular weight excluding hydrogens is 380 g/mol. The Labute approximate surface area is 178 Å². The van der Waals surface area contributed by atoms with Gasteiger partial charge in [-0.2, -0.15) is 0 Å². The fourth-order valence-electron chi connectivity index (χ4n) is 3.22. The summed E-state index contributed by atoms with van der Waals surface area (Å²) in [5.74, 6) is 0.273. The second-order valence-corrected chi connectivity index (χ2v) is 7.88. The van der Waals surface area contributed by atoms with E-state index in [0.29, 0.717) is 31.1 Å². The van der Waals surface area contributed by atoms with Crippen molar-refractivity contribution < 1.29 is 14.3 Å². The summed E-state index contributed by atoms with van der Waals surface area (Å²) in [5, 5.41) is 5.60. The highest BCUT2D eigenvalue weighted by atomic mass is 16.5. The summed E-state index contributed by atoms with van der Waals surface area (Å²) in [7, 11) is 0. The Morgan fingerprint density at radius 3 is 2.27 bits per heavy atom. The zero-order valence-corrected chi connectivity index (χ0v) is 17.6. The van der Waals surface area contributed by atoms with E-state index in [1.165, 1.54) is 5.56 Å². The topological polar surface area (TPSA) is 73.9 Å². The summed E-state index contributed by atoms with van der Waals surface area (Å²) in [4.78, 5) is 28.6. The molecule has 3 amide bonds. The third-order valence-corrected chi connectivity index (χ3v) is 4.82. The van der Waals surface area contributed by atoms with Crippen LogP contribution in [0.25, 0.3) is 0 Å². The first-order chi connectivity index (χ1) is 14.5. The van der Waals surface area contributed by atoms with Crippen LogP contribution in [0, 0.1) is 5.92 Å². The summed E-state index contributed by atoms with van der Waals surface area (Å²) < 4.78 is 5.13. The molecule has 3 rings (SSSR count). The monoisotopic (exact) mass is 410 g/mol. The predicted octanol–water partition coefficient (Wildman–Crippen LogP) is 4.24. The Morgan fingerprint density at radius 2 is 1.60 bits per heavy atom. The van der Waals surface area contributed by atoms with Gasteiger partial charge in [-0.1, -0.05) is 50.2 Å². The Hall–Kier alpha value is -3.06. The van der Waals surface area contributed by atoms with Gasteiger partial charge in [-0.15, -0.1) is 0 Å². The smallest absolute Gasteiger partial charge is 0.411 e. The van der Waals surface area contributed by atoms with E-state index in [4.69, 9.17) is 4.74 Å². The predicted molar refractivity (Wildman–Crippen MR) is 119 cm³/mol. The van der Waals surface area contributed by atoms with Crippen molar-refractivity contribution in [1.82, 2.24) is 9.80 Å². The van der Waals surface area contributed by atoms with Crippen LogP contribution >= 0.6 is 0 Å². The van der Waals surface area contributed by atoms with E-state index in [1.807, 2.05) is 36.9 Å². The molecule has 0 spiro atoms. The largest absolute Gasteiger partial charge is 0.449 e. The van der Waals surface area contributed by atoms with E-state index in [2.05, 4.69) is 27.7 Å². The van der Waals surface area contributed by atoms with Crippen LogP contribution in [0.2, 0.25) is 0 Å². The molecule has 2 aromatic carbocycles. The lowest BCUT2D eigenvalue weighted by Crippen LogP contribution is -2.49. The number of carbonyl (C=O) groups is 2. The van der Waals surface area contributed by atoms with Crippen molar-refractivity contribution in [2.45, 2.75) is 20.4 Å². The Bertz CT molecular complexity index is 833. The highest BCUT2D eigenvalue weighted by Gasteiger charge is 2.21. The van der Waals surface area contributed by atoms with Crippen molar-refractivity contribution in [1.29, 1.82) is 0 Å². The number of ether oxygens (including phenoxy) is 1. The van der Waals surface area contributed by atoms with Gasteiger partial charge in [0.1, 0.15) is 0 Å². The van der Waals surface area contributed by atoms with E-state index < -0.39 is 6.09 Å². The number of anilines is 2. The van der Waals surface area contributed by atoms with Gasteiger partial charge in [0.2, 0.25) is 0 Å². The molecular formula is C23H30N4O3. The van der Waals surface area contributed by atoms with Gasteiger partial charge in [-0.05, 0) is 29.7 Å². The quantitative estimate of drug-likeness (QED) is 0.747. The summed E-state index contributed by atoms with van der Waals surface area (Å²) in [6, 6.07) is 17.3. The summed E-state index contributed by atoms with van der Waals surface area (Å²) in [5.41, 5.74) is 2.49. The molecule has 1 fully saturated rings. The average Bonchev–Trinajstić information content (AvgIpc) is 2.74. The molecule has 30 heavy (non-hydrogen) atoms. The maximum atomic E-state index is 12.6. The molecule has 1 saturated heterocycles. The van der Waals surface area contributed by atoms with Gasteiger partial charge < -0.3 is 15.0 Å². The molecule has 1 aliphatic heterocycles. The van der Waals surface area contributed by atoms with E-state index in [0.717, 1.165) is 19.6 Å². The van der Waals surface area contributed by atoms with E-state index >= 15 is 0 Å². The van der Waals surface area contributed by atoms with Crippen LogP contribution in [-0.2, 0) is 11.3 Å². The number of rotatable bonds is 6. The van der Waals surface area contributed by atoms with E-state index in [-0.39, 0.29) is 11.9 Å². The molecule has 2 N–H and O–H groups in total. The van der Waals surface area contributed by atoms with Crippen LogP contribution in [0.1, 0.15) is 19.4 Å². The van der Waals surface area contributed by atoms with Crippen molar-refractivity contribution in [3.63, 3.8) is 0 Å². The van der Waals surface area contributed by atoms with Crippen molar-refractivity contribution >= 4 is 23.5 Å². The van der Waals surface area contributed by atoms with Gasteiger partial charge in [-0.3, -0.25) is 10.2 Å². The first-order valence-electron chi connectivity index (χ1n) is 10.4. The normalized spacial score (nSPS) is 14.4. The van der Waals surface area contributed by atoms with Gasteiger partial charge in [0.15, 0.2) is 0 Å². The number of hydrogen-bond donors (Lipinski definition) is 2. The van der Waals surface area contributed by atoms with Crippen LogP contribution in [0.15, 0.2) is 54.6 Å². The highest BCUT2D eigenvalue weighted by molar-refractivity contribution is 5.91. The molecule has 0 atom stereocenters. The lowest BCUT2D eigenvalue weighted by Gasteiger charge is -2.34. The zero-order chi connectivity index (χ0) is 21.3. The number of urea groups is 1. The minimum atomic E-state index is -0.498. The first-order valence-corrected chi connectivity index (χ1v) is 10.4. The van der Waals surface area contributed by atoms with Crippen molar-refractivity contribution in [3.8, 4) is 0 Å². The van der Waals surface area contributed by atoms with E-state index in [1.54, 1.807) is 24.3 Å². The molecule has 7 nitrogen and oxygen atoms in total. The van der Waals surface area contributed by atoms with Crippen molar-refractivity contribution in [2.75, 3.05) is 43.4 Å². The molecule has 0 bridgehead atoms. The van der Waals surface area contributed by atoms with Gasteiger partial charge in [0.25, 0.3) is 0 Å². The lowest BCUT2D eigenvalue weighted by molar-refractivity contribution is 0.143. The average molecular weight is 411 g/mol. The first kappa shape index (κ1) is 21.6. The van der Waals surface area contributed by atoms with Crippen LogP contribution in [-0.4, -0.2) is 54.7 Å². The molecule has 1 aliphatic rings. The van der Waals surface area contributed by atoms with Crippen LogP contribution in [0.5, 0.6) is 0 Å². The maximum absolute atomic E-state index is 12.6. The number of benzene rings is 2. The minimum Gasteiger partial charge on any atom is -0.449 e. The van der Waals surface area contributed by atoms with Crippen LogP contribution in [0.4, 0.5) is 21.0 Å². The van der Waals surface area contributed by atoms with E-state index in [9.17, 15) is 9.59 Å². The molecule has 0 radical (unpaired) electrons. The fourth-order valence-corrected chi connectivity index (χ4v) is 3.22. The number of amides is 3. The second kappa shape index (κ2) is 10.6. The third-order valence-electron chi connectivity index (χ3n) is 4.82. The maximum Gasteiger partial charge on any atom is 0.411 e. The summed E-state index contributed by atoms with van der Waals surface area (Å²) in [6.07, 6.45) is -0.498.